The van der Waals surface area contributed by atoms with Gasteiger partial charge in [0.2, 0.25) is 5.79 Å². The average Bonchev–Trinajstić information content (AvgIpc) is 3.31. The van der Waals surface area contributed by atoms with E-state index in [2.05, 4.69) is 5.16 Å². The van der Waals surface area contributed by atoms with Gasteiger partial charge in [0, 0.05) is 6.42 Å². The van der Waals surface area contributed by atoms with Crippen LogP contribution in [0.4, 0.5) is 0 Å². The number of nitrogens with zero attached hydrogens (tertiary/aromatic N) is 1. The lowest BCUT2D eigenvalue weighted by molar-refractivity contribution is -0.338. The highest BCUT2D eigenvalue weighted by Gasteiger charge is 2.58. The molecule has 3 aromatic carbocycles. The Morgan fingerprint density at radius 1 is 0.854 bits per heavy atom. The van der Waals surface area contributed by atoms with Crippen molar-refractivity contribution >= 4 is 11.7 Å². The molecule has 0 bridgehead atoms. The summed E-state index contributed by atoms with van der Waals surface area (Å²) in [7, 11) is 0. The van der Waals surface area contributed by atoms with Gasteiger partial charge in [0.1, 0.15) is 12.2 Å². The molecule has 216 valence electrons. The van der Waals surface area contributed by atoms with Gasteiger partial charge in [-0.1, -0.05) is 103 Å². The molecule has 1 saturated heterocycles. The van der Waals surface area contributed by atoms with E-state index in [-0.39, 0.29) is 18.9 Å². The molecule has 5 atom stereocenters. The van der Waals surface area contributed by atoms with Crippen molar-refractivity contribution < 1.29 is 33.3 Å². The van der Waals surface area contributed by atoms with Crippen LogP contribution in [-0.4, -0.2) is 49.0 Å². The van der Waals surface area contributed by atoms with Crippen molar-refractivity contribution in [3.8, 4) is 0 Å². The van der Waals surface area contributed by atoms with Crippen LogP contribution in [0.2, 0.25) is 0 Å². The third-order valence-corrected chi connectivity index (χ3v) is 7.41. The van der Waals surface area contributed by atoms with Crippen LogP contribution in [0.5, 0.6) is 0 Å². The van der Waals surface area contributed by atoms with E-state index in [4.69, 9.17) is 28.5 Å². The number of carbonyl (C=O) groups is 1. The van der Waals surface area contributed by atoms with Crippen LogP contribution < -0.4 is 0 Å². The number of carbonyl (C=O) groups excluding carboxylic acids is 1. The van der Waals surface area contributed by atoms with Crippen LogP contribution in [0.3, 0.4) is 0 Å². The lowest BCUT2D eigenvalue weighted by atomic mass is 9.85. The molecule has 8 heteroatoms. The molecule has 0 N–H and O–H groups in total. The summed E-state index contributed by atoms with van der Waals surface area (Å²) in [5.74, 6) is -2.23. The molecule has 41 heavy (non-hydrogen) atoms. The van der Waals surface area contributed by atoms with Crippen LogP contribution in [0, 0.1) is 5.92 Å². The highest BCUT2D eigenvalue weighted by molar-refractivity contribution is 6.37. The summed E-state index contributed by atoms with van der Waals surface area (Å²) in [5.41, 5.74) is 3.32. The quantitative estimate of drug-likeness (QED) is 0.273. The molecule has 8 nitrogen and oxygen atoms in total. The second kappa shape index (κ2) is 13.9. The normalized spacial score (nSPS) is 25.5. The fraction of sp³-hybridized carbons (Fsp3) is 0.394. The Morgan fingerprint density at radius 2 is 1.41 bits per heavy atom. The molecule has 3 aromatic rings. The highest BCUT2D eigenvalue weighted by atomic mass is 16.8. The average molecular weight is 560 g/mol. The largest absolute Gasteiger partial charge is 0.461 e. The van der Waals surface area contributed by atoms with E-state index in [1.54, 1.807) is 6.92 Å². The third kappa shape index (κ3) is 7.21. The smallest absolute Gasteiger partial charge is 0.356 e. The Kier molecular flexibility index (Phi) is 9.80. The number of rotatable bonds is 12. The van der Waals surface area contributed by atoms with Crippen LogP contribution in [-0.2, 0) is 53.1 Å². The topological polar surface area (TPSA) is 84.8 Å². The number of oxime groups is 1. The monoisotopic (exact) mass is 559 g/mol. The van der Waals surface area contributed by atoms with Crippen LogP contribution >= 0.6 is 0 Å². The molecular formula is C33H37NO7. The number of esters is 1. The van der Waals surface area contributed by atoms with Crippen molar-refractivity contribution in [3.63, 3.8) is 0 Å². The Hall–Kier alpha value is -3.56. The fourth-order valence-electron chi connectivity index (χ4n) is 5.17. The molecule has 0 saturated carbocycles. The molecule has 2 aliphatic rings. The van der Waals surface area contributed by atoms with E-state index in [1.807, 2.05) is 97.9 Å². The minimum Gasteiger partial charge on any atom is -0.461 e. The zero-order chi connectivity index (χ0) is 28.5. The van der Waals surface area contributed by atoms with E-state index in [0.29, 0.717) is 26.2 Å². The lowest BCUT2D eigenvalue weighted by Gasteiger charge is -2.46. The summed E-state index contributed by atoms with van der Waals surface area (Å²) >= 11 is 0. The fourth-order valence-corrected chi connectivity index (χ4v) is 5.17. The van der Waals surface area contributed by atoms with Crippen molar-refractivity contribution in [2.24, 2.45) is 11.1 Å². The number of benzene rings is 3. The zero-order valence-electron chi connectivity index (χ0n) is 23.5. The summed E-state index contributed by atoms with van der Waals surface area (Å²) in [4.78, 5) is 18.6. The zero-order valence-corrected chi connectivity index (χ0v) is 23.5. The Bertz CT molecular complexity index is 1270. The SMILES string of the molecule is CCOC(=O)C1=NO[C@@]2(C[C@@H](OCc3ccccc3)[C@@H](OCc3ccccc3)[C@@H](COCc3ccccc3)O2)[C@H]1C. The van der Waals surface area contributed by atoms with Gasteiger partial charge in [-0.3, -0.25) is 0 Å². The van der Waals surface area contributed by atoms with Gasteiger partial charge in [0.05, 0.1) is 45.1 Å². The second-order valence-corrected chi connectivity index (χ2v) is 10.3. The van der Waals surface area contributed by atoms with Crippen molar-refractivity contribution in [1.82, 2.24) is 0 Å². The minimum atomic E-state index is -1.23. The minimum absolute atomic E-state index is 0.196. The van der Waals surface area contributed by atoms with E-state index in [1.165, 1.54) is 0 Å². The first kappa shape index (κ1) is 29.0. The molecule has 1 fully saturated rings. The molecule has 0 amide bonds. The molecule has 0 aromatic heterocycles. The van der Waals surface area contributed by atoms with Gasteiger partial charge in [-0.05, 0) is 23.6 Å². The standard InChI is InChI=1S/C33H37NO7/c1-3-37-32(35)30-24(2)33(41-34-30)19-28(38-21-26-15-9-5-10-16-26)31(39-22-27-17-11-6-12-18-27)29(40-33)23-36-20-25-13-7-4-8-14-25/h4-18,24,28-29,31H,3,19-23H2,1-2H3/t24-,28+,29+,31+,33-/m0/s1. The van der Waals surface area contributed by atoms with Crippen LogP contribution in [0.1, 0.15) is 37.0 Å². The Balaban J connectivity index is 1.39. The summed E-state index contributed by atoms with van der Waals surface area (Å²) in [5, 5.41) is 4.13. The summed E-state index contributed by atoms with van der Waals surface area (Å²) in [6.07, 6.45) is -1.15. The van der Waals surface area contributed by atoms with E-state index in [9.17, 15) is 4.79 Å². The number of hydrogen-bond acceptors (Lipinski definition) is 8. The maximum absolute atomic E-state index is 12.6. The lowest BCUT2D eigenvalue weighted by Crippen LogP contribution is -2.60. The summed E-state index contributed by atoms with van der Waals surface area (Å²) in [6.45, 7) is 5.26. The van der Waals surface area contributed by atoms with Crippen molar-refractivity contribution in [2.45, 2.75) is 64.2 Å². The first-order valence-corrected chi connectivity index (χ1v) is 14.1. The third-order valence-electron chi connectivity index (χ3n) is 7.41. The molecule has 2 aliphatic heterocycles. The van der Waals surface area contributed by atoms with Crippen LogP contribution in [0.25, 0.3) is 0 Å². The number of ether oxygens (including phenoxy) is 5. The Labute approximate surface area is 241 Å². The molecule has 1 spiro atoms. The predicted octanol–water partition coefficient (Wildman–Crippen LogP) is 5.44. The second-order valence-electron chi connectivity index (χ2n) is 10.3. The van der Waals surface area contributed by atoms with Gasteiger partial charge < -0.3 is 28.5 Å². The van der Waals surface area contributed by atoms with Gasteiger partial charge in [0.25, 0.3) is 0 Å². The van der Waals surface area contributed by atoms with Gasteiger partial charge in [-0.25, -0.2) is 4.79 Å². The van der Waals surface area contributed by atoms with Gasteiger partial charge >= 0.3 is 5.97 Å². The summed E-state index contributed by atoms with van der Waals surface area (Å²) < 4.78 is 31.1. The molecule has 0 aliphatic carbocycles. The van der Waals surface area contributed by atoms with Gasteiger partial charge in [-0.2, -0.15) is 0 Å². The van der Waals surface area contributed by atoms with Gasteiger partial charge in [0.15, 0.2) is 5.71 Å². The van der Waals surface area contributed by atoms with Crippen molar-refractivity contribution in [3.05, 3.63) is 108 Å². The predicted molar refractivity (Wildman–Crippen MR) is 153 cm³/mol. The van der Waals surface area contributed by atoms with Crippen LogP contribution in [0.15, 0.2) is 96.2 Å². The first-order valence-electron chi connectivity index (χ1n) is 14.1. The first-order chi connectivity index (χ1) is 20.1. The van der Waals surface area contributed by atoms with Crippen molar-refractivity contribution in [1.29, 1.82) is 0 Å². The summed E-state index contributed by atoms with van der Waals surface area (Å²) in [6, 6.07) is 29.9. The maximum Gasteiger partial charge on any atom is 0.356 e. The molecular weight excluding hydrogens is 522 g/mol. The molecule has 0 unspecified atom stereocenters. The molecule has 0 radical (unpaired) electrons. The highest BCUT2D eigenvalue weighted by Crippen LogP contribution is 2.43. The van der Waals surface area contributed by atoms with E-state index < -0.39 is 36.0 Å². The van der Waals surface area contributed by atoms with Crippen molar-refractivity contribution in [2.75, 3.05) is 13.2 Å². The molecule has 5 rings (SSSR count). The molecule has 2 heterocycles. The van der Waals surface area contributed by atoms with E-state index in [0.717, 1.165) is 16.7 Å². The number of hydrogen-bond donors (Lipinski definition) is 0. The Morgan fingerprint density at radius 3 is 2.00 bits per heavy atom. The van der Waals surface area contributed by atoms with E-state index >= 15 is 0 Å². The van der Waals surface area contributed by atoms with Gasteiger partial charge in [-0.15, -0.1) is 0 Å². The maximum atomic E-state index is 12.6.